The maximum Gasteiger partial charge on any atom is 0.280 e. The summed E-state index contributed by atoms with van der Waals surface area (Å²) >= 11 is 1.39. The molecule has 2 fully saturated rings. The number of carbonyl (C=O) groups is 1. The van der Waals surface area contributed by atoms with Gasteiger partial charge in [-0.3, -0.25) is 4.79 Å². The molecule has 0 spiro atoms. The zero-order valence-electron chi connectivity index (χ0n) is 12.7. The summed E-state index contributed by atoms with van der Waals surface area (Å²) in [6, 6.07) is 7.18. The number of aromatic nitrogens is 1. The molecule has 23 heavy (non-hydrogen) atoms. The van der Waals surface area contributed by atoms with Crippen molar-refractivity contribution in [1.29, 1.82) is 0 Å². The molecule has 120 valence electrons. The summed E-state index contributed by atoms with van der Waals surface area (Å²) in [7, 11) is 0. The molecule has 2 aromatic rings. The summed E-state index contributed by atoms with van der Waals surface area (Å²) in [5, 5.41) is 13.0. The number of hydrogen-bond acceptors (Lipinski definition) is 5. The van der Waals surface area contributed by atoms with E-state index in [1.54, 1.807) is 18.3 Å². The highest BCUT2D eigenvalue weighted by Gasteiger charge is 2.33. The fourth-order valence-corrected chi connectivity index (χ4v) is 4.37. The van der Waals surface area contributed by atoms with Crippen LogP contribution in [0.3, 0.4) is 0 Å². The molecule has 1 unspecified atom stereocenters. The van der Waals surface area contributed by atoms with Gasteiger partial charge in [0.2, 0.25) is 0 Å². The molecule has 6 heteroatoms. The van der Waals surface area contributed by atoms with Crippen LogP contribution in [0.25, 0.3) is 10.4 Å². The van der Waals surface area contributed by atoms with Crippen molar-refractivity contribution in [1.82, 2.24) is 15.2 Å². The second-order valence-electron chi connectivity index (χ2n) is 6.40. The van der Waals surface area contributed by atoms with Crippen LogP contribution in [0.4, 0.5) is 0 Å². The number of aromatic hydroxyl groups is 1. The van der Waals surface area contributed by atoms with Gasteiger partial charge < -0.3 is 15.3 Å². The minimum absolute atomic E-state index is 0.0764. The van der Waals surface area contributed by atoms with Gasteiger partial charge in [0.15, 0.2) is 5.01 Å². The van der Waals surface area contributed by atoms with E-state index < -0.39 is 0 Å². The molecule has 5 nitrogen and oxygen atoms in total. The van der Waals surface area contributed by atoms with E-state index in [-0.39, 0.29) is 17.7 Å². The largest absolute Gasteiger partial charge is 0.508 e. The number of nitrogens with one attached hydrogen (secondary N) is 1. The molecular formula is C17H19N3O2S. The lowest BCUT2D eigenvalue weighted by Crippen LogP contribution is -2.46. The number of carbonyl (C=O) groups excluding carboxylic acids is 1. The average Bonchev–Trinajstić information content (AvgIpc) is 3.15. The minimum atomic E-state index is -0.0764. The number of fused-ring (bicyclic) bond motifs is 2. The average molecular weight is 329 g/mol. The minimum Gasteiger partial charge on any atom is -0.508 e. The quantitative estimate of drug-likeness (QED) is 0.907. The van der Waals surface area contributed by atoms with E-state index in [1.807, 2.05) is 12.1 Å². The van der Waals surface area contributed by atoms with Gasteiger partial charge in [-0.05, 0) is 55.1 Å². The van der Waals surface area contributed by atoms with E-state index in [0.717, 1.165) is 29.3 Å². The molecule has 2 saturated heterocycles. The molecule has 0 saturated carbocycles. The summed E-state index contributed by atoms with van der Waals surface area (Å²) < 4.78 is 0. The monoisotopic (exact) mass is 329 g/mol. The van der Waals surface area contributed by atoms with Crippen LogP contribution in [-0.4, -0.2) is 46.6 Å². The van der Waals surface area contributed by atoms with Crippen molar-refractivity contribution in [2.75, 3.05) is 19.6 Å². The Morgan fingerprint density at radius 3 is 2.91 bits per heavy atom. The second kappa shape index (κ2) is 5.94. The highest BCUT2D eigenvalue weighted by Crippen LogP contribution is 2.29. The number of piperidine rings is 1. The van der Waals surface area contributed by atoms with E-state index >= 15 is 0 Å². The molecule has 4 rings (SSSR count). The third-order valence-electron chi connectivity index (χ3n) is 4.65. The van der Waals surface area contributed by atoms with Gasteiger partial charge >= 0.3 is 0 Å². The Morgan fingerprint density at radius 2 is 2.13 bits per heavy atom. The van der Waals surface area contributed by atoms with Crippen LogP contribution in [0.1, 0.15) is 22.6 Å². The third kappa shape index (κ3) is 3.09. The zero-order valence-corrected chi connectivity index (χ0v) is 13.6. The van der Waals surface area contributed by atoms with Crippen LogP contribution in [0.15, 0.2) is 30.5 Å². The van der Waals surface area contributed by atoms with Gasteiger partial charge in [-0.1, -0.05) is 0 Å². The fourth-order valence-electron chi connectivity index (χ4n) is 3.55. The molecular weight excluding hydrogens is 310 g/mol. The molecule has 2 aliphatic heterocycles. The second-order valence-corrected chi connectivity index (χ2v) is 7.43. The normalized spacial score (nSPS) is 26.2. The number of thiazole rings is 1. The number of phenols is 1. The van der Waals surface area contributed by atoms with Crippen LogP contribution in [0, 0.1) is 5.92 Å². The Kier molecular flexibility index (Phi) is 3.79. The van der Waals surface area contributed by atoms with Crippen LogP contribution in [0.5, 0.6) is 5.75 Å². The van der Waals surface area contributed by atoms with E-state index in [4.69, 9.17) is 0 Å². The van der Waals surface area contributed by atoms with Crippen molar-refractivity contribution in [3.63, 3.8) is 0 Å². The Bertz CT molecular complexity index is 701. The van der Waals surface area contributed by atoms with Crippen LogP contribution in [-0.2, 0) is 0 Å². The topological polar surface area (TPSA) is 65.5 Å². The predicted octanol–water partition coefficient (Wildman–Crippen LogP) is 2.34. The van der Waals surface area contributed by atoms with Crippen molar-refractivity contribution in [3.05, 3.63) is 35.5 Å². The summed E-state index contributed by atoms with van der Waals surface area (Å²) in [5.74, 6) is 0.892. The van der Waals surface area contributed by atoms with E-state index in [1.165, 1.54) is 30.8 Å². The number of amides is 1. The lowest BCUT2D eigenvalue weighted by atomic mass is 9.97. The van der Waals surface area contributed by atoms with E-state index in [2.05, 4.69) is 15.2 Å². The lowest BCUT2D eigenvalue weighted by molar-refractivity contribution is 0.0909. The Labute approximate surface area is 139 Å². The van der Waals surface area contributed by atoms with Crippen LogP contribution in [0.2, 0.25) is 0 Å². The molecule has 1 aromatic heterocycles. The number of phenolic OH excluding ortho intramolecular Hbond substituents is 1. The highest BCUT2D eigenvalue weighted by atomic mass is 32.1. The molecule has 3 heterocycles. The fraction of sp³-hybridized carbons (Fsp3) is 0.412. The molecule has 2 aliphatic rings. The summed E-state index contributed by atoms with van der Waals surface area (Å²) in [6.45, 7) is 3.31. The standard InChI is InChI=1S/C17H19N3O2S/c21-14-3-1-12(2-4-14)15-8-18-17(23-15)16(22)19-13-7-11-5-6-20(9-11)10-13/h1-4,8,11,13,21H,5-7,9-10H2,(H,19,22)/t11-,13-/m1/s1. The van der Waals surface area contributed by atoms with Gasteiger partial charge in [0.1, 0.15) is 5.75 Å². The highest BCUT2D eigenvalue weighted by molar-refractivity contribution is 7.16. The summed E-state index contributed by atoms with van der Waals surface area (Å²) in [5.41, 5.74) is 0.959. The van der Waals surface area contributed by atoms with Gasteiger partial charge in [-0.2, -0.15) is 0 Å². The van der Waals surface area contributed by atoms with Crippen LogP contribution < -0.4 is 5.32 Å². The molecule has 1 amide bonds. The Morgan fingerprint density at radius 1 is 1.30 bits per heavy atom. The van der Waals surface area contributed by atoms with Crippen molar-refractivity contribution in [2.45, 2.75) is 18.9 Å². The van der Waals surface area contributed by atoms with Gasteiger partial charge in [0.05, 0.1) is 4.88 Å². The first-order valence-corrected chi connectivity index (χ1v) is 8.77. The maximum absolute atomic E-state index is 12.4. The number of hydrogen-bond donors (Lipinski definition) is 2. The molecule has 1 aromatic carbocycles. The number of rotatable bonds is 3. The number of nitrogens with zero attached hydrogens (tertiary/aromatic N) is 2. The SMILES string of the molecule is O=C(N[C@@H]1C[C@H]2CCN(C2)C1)c1ncc(-c2ccc(O)cc2)s1. The molecule has 3 atom stereocenters. The van der Waals surface area contributed by atoms with Crippen molar-refractivity contribution in [3.8, 4) is 16.2 Å². The van der Waals surface area contributed by atoms with Gasteiger partial charge in [0, 0.05) is 25.3 Å². The van der Waals surface area contributed by atoms with Crippen molar-refractivity contribution in [2.24, 2.45) is 5.92 Å². The van der Waals surface area contributed by atoms with E-state index in [0.29, 0.717) is 5.01 Å². The van der Waals surface area contributed by atoms with Gasteiger partial charge in [-0.15, -0.1) is 11.3 Å². The first-order valence-electron chi connectivity index (χ1n) is 7.96. The molecule has 2 bridgehead atoms. The molecule has 0 radical (unpaired) electrons. The van der Waals surface area contributed by atoms with Crippen molar-refractivity contribution >= 4 is 17.2 Å². The first kappa shape index (κ1) is 14.7. The third-order valence-corrected chi connectivity index (χ3v) is 5.70. The molecule has 2 N–H and O–H groups in total. The maximum atomic E-state index is 12.4. The smallest absolute Gasteiger partial charge is 0.280 e. The van der Waals surface area contributed by atoms with Crippen molar-refractivity contribution < 1.29 is 9.90 Å². The molecule has 0 aliphatic carbocycles. The number of benzene rings is 1. The van der Waals surface area contributed by atoms with E-state index in [9.17, 15) is 9.90 Å². The van der Waals surface area contributed by atoms with Gasteiger partial charge in [0.25, 0.3) is 5.91 Å². The summed E-state index contributed by atoms with van der Waals surface area (Å²) in [6.07, 6.45) is 4.06. The Balaban J connectivity index is 1.44. The Hall–Kier alpha value is -1.92. The summed E-state index contributed by atoms with van der Waals surface area (Å²) in [4.78, 5) is 20.1. The van der Waals surface area contributed by atoms with Crippen LogP contribution >= 0.6 is 11.3 Å². The lowest BCUT2D eigenvalue weighted by Gasteiger charge is -2.30. The zero-order chi connectivity index (χ0) is 15.8. The predicted molar refractivity (Wildman–Crippen MR) is 89.6 cm³/mol. The first-order chi connectivity index (χ1) is 11.2. The van der Waals surface area contributed by atoms with Gasteiger partial charge in [-0.25, -0.2) is 4.98 Å².